The van der Waals surface area contributed by atoms with E-state index in [0.717, 1.165) is 11.4 Å². The lowest BCUT2D eigenvalue weighted by Crippen LogP contribution is -2.14. The minimum atomic E-state index is -0.264. The predicted octanol–water partition coefficient (Wildman–Crippen LogP) is 3.18. The number of phenols is 1. The first-order chi connectivity index (χ1) is 9.94. The number of rotatable bonds is 4. The van der Waals surface area contributed by atoms with Gasteiger partial charge in [-0.2, -0.15) is 0 Å². The zero-order valence-electron chi connectivity index (χ0n) is 11.6. The highest BCUT2D eigenvalue weighted by Crippen LogP contribution is 2.26. The molecule has 1 aromatic heterocycles. The summed E-state index contributed by atoms with van der Waals surface area (Å²) in [6, 6.07) is 6.34. The monoisotopic (exact) mass is 323 g/mol. The lowest BCUT2D eigenvalue weighted by molar-refractivity contribution is -0.113. The number of carbonyl (C=O) groups excluding carboxylic acids is 1. The summed E-state index contributed by atoms with van der Waals surface area (Å²) in [5.41, 5.74) is 2.00. The first-order valence-corrected chi connectivity index (χ1v) is 7.54. The Morgan fingerprint density at radius 3 is 2.62 bits per heavy atom. The molecule has 0 fully saturated rings. The van der Waals surface area contributed by atoms with Gasteiger partial charge in [-0.15, -0.1) is 0 Å². The van der Waals surface area contributed by atoms with Gasteiger partial charge in [-0.05, 0) is 38.1 Å². The average Bonchev–Trinajstić information content (AvgIpc) is 2.40. The van der Waals surface area contributed by atoms with Crippen LogP contribution in [0.3, 0.4) is 0 Å². The maximum atomic E-state index is 11.9. The minimum Gasteiger partial charge on any atom is -0.506 e. The SMILES string of the molecule is Cc1cc(C)nc(SCC(=O)Nc2cc(Cl)ccc2O)n1. The van der Waals surface area contributed by atoms with Crippen molar-refractivity contribution >= 4 is 35.0 Å². The summed E-state index contributed by atoms with van der Waals surface area (Å²) < 4.78 is 0. The van der Waals surface area contributed by atoms with Crippen molar-refractivity contribution in [2.75, 3.05) is 11.1 Å². The van der Waals surface area contributed by atoms with Crippen molar-refractivity contribution in [3.05, 3.63) is 40.7 Å². The predicted molar refractivity (Wildman–Crippen MR) is 84.0 cm³/mol. The zero-order valence-corrected chi connectivity index (χ0v) is 13.1. The number of hydrogen-bond donors (Lipinski definition) is 2. The third-order valence-electron chi connectivity index (χ3n) is 2.53. The number of anilines is 1. The second-order valence-corrected chi connectivity index (χ2v) is 5.81. The van der Waals surface area contributed by atoms with Crippen molar-refractivity contribution in [2.24, 2.45) is 0 Å². The van der Waals surface area contributed by atoms with Crippen LogP contribution in [0.1, 0.15) is 11.4 Å². The number of nitrogens with one attached hydrogen (secondary N) is 1. The van der Waals surface area contributed by atoms with E-state index in [1.165, 1.54) is 23.9 Å². The van der Waals surface area contributed by atoms with Crippen molar-refractivity contribution in [3.8, 4) is 5.75 Å². The fourth-order valence-corrected chi connectivity index (χ4v) is 2.60. The van der Waals surface area contributed by atoms with Crippen LogP contribution in [0.5, 0.6) is 5.75 Å². The molecular weight excluding hydrogens is 310 g/mol. The molecule has 0 aliphatic carbocycles. The van der Waals surface area contributed by atoms with Gasteiger partial charge < -0.3 is 10.4 Å². The molecule has 0 saturated carbocycles. The molecule has 1 heterocycles. The Morgan fingerprint density at radius 1 is 1.29 bits per heavy atom. The summed E-state index contributed by atoms with van der Waals surface area (Å²) in [4.78, 5) is 20.4. The Kier molecular flexibility index (Phi) is 5.03. The molecule has 21 heavy (non-hydrogen) atoms. The quantitative estimate of drug-likeness (QED) is 0.513. The zero-order chi connectivity index (χ0) is 15.4. The molecule has 0 saturated heterocycles. The van der Waals surface area contributed by atoms with E-state index in [1.807, 2.05) is 19.9 Å². The molecule has 0 atom stereocenters. The molecule has 2 rings (SSSR count). The van der Waals surface area contributed by atoms with Crippen molar-refractivity contribution in [1.82, 2.24) is 9.97 Å². The maximum Gasteiger partial charge on any atom is 0.234 e. The van der Waals surface area contributed by atoms with Crippen molar-refractivity contribution in [3.63, 3.8) is 0 Å². The second kappa shape index (κ2) is 6.78. The highest BCUT2D eigenvalue weighted by Gasteiger charge is 2.09. The van der Waals surface area contributed by atoms with Gasteiger partial charge in [-0.1, -0.05) is 23.4 Å². The summed E-state index contributed by atoms with van der Waals surface area (Å²) in [5.74, 6) is -0.143. The molecule has 5 nitrogen and oxygen atoms in total. The molecule has 0 aliphatic heterocycles. The molecule has 0 spiro atoms. The van der Waals surface area contributed by atoms with E-state index in [0.29, 0.717) is 10.2 Å². The van der Waals surface area contributed by atoms with Crippen LogP contribution in [0.2, 0.25) is 5.02 Å². The molecule has 2 N–H and O–H groups in total. The van der Waals surface area contributed by atoms with Crippen LogP contribution in [0.15, 0.2) is 29.4 Å². The lowest BCUT2D eigenvalue weighted by atomic mass is 10.3. The van der Waals surface area contributed by atoms with Gasteiger partial charge in [0, 0.05) is 16.4 Å². The molecule has 0 radical (unpaired) electrons. The third kappa shape index (κ3) is 4.61. The first-order valence-electron chi connectivity index (χ1n) is 6.17. The lowest BCUT2D eigenvalue weighted by Gasteiger charge is -2.07. The van der Waals surface area contributed by atoms with E-state index in [2.05, 4.69) is 15.3 Å². The molecule has 0 aliphatic rings. The number of halogens is 1. The van der Waals surface area contributed by atoms with E-state index in [-0.39, 0.29) is 23.1 Å². The fraction of sp³-hybridized carbons (Fsp3) is 0.214. The number of aromatic hydroxyl groups is 1. The number of amides is 1. The normalized spacial score (nSPS) is 10.4. The molecule has 2 aromatic rings. The molecule has 1 amide bonds. The molecule has 0 bridgehead atoms. The maximum absolute atomic E-state index is 11.9. The van der Waals surface area contributed by atoms with Crippen LogP contribution >= 0.6 is 23.4 Å². The van der Waals surface area contributed by atoms with Gasteiger partial charge in [0.05, 0.1) is 11.4 Å². The van der Waals surface area contributed by atoms with E-state index < -0.39 is 0 Å². The summed E-state index contributed by atoms with van der Waals surface area (Å²) >= 11 is 7.06. The minimum absolute atomic E-state index is 0.0274. The topological polar surface area (TPSA) is 75.1 Å². The Bertz CT molecular complexity index is 659. The summed E-state index contributed by atoms with van der Waals surface area (Å²) in [6.07, 6.45) is 0. The highest BCUT2D eigenvalue weighted by atomic mass is 35.5. The van der Waals surface area contributed by atoms with E-state index in [1.54, 1.807) is 6.07 Å². The Hall–Kier alpha value is -1.79. The van der Waals surface area contributed by atoms with Crippen LogP contribution in [0.25, 0.3) is 0 Å². The van der Waals surface area contributed by atoms with E-state index in [4.69, 9.17) is 11.6 Å². The summed E-state index contributed by atoms with van der Waals surface area (Å²) in [6.45, 7) is 3.76. The van der Waals surface area contributed by atoms with Crippen LogP contribution in [-0.2, 0) is 4.79 Å². The number of hydrogen-bond acceptors (Lipinski definition) is 5. The van der Waals surface area contributed by atoms with Gasteiger partial charge in [0.1, 0.15) is 5.75 Å². The largest absolute Gasteiger partial charge is 0.506 e. The molecular formula is C14H14ClN3O2S. The first kappa shape index (κ1) is 15.6. The number of nitrogens with zero attached hydrogens (tertiary/aromatic N) is 2. The smallest absolute Gasteiger partial charge is 0.234 e. The fourth-order valence-electron chi connectivity index (χ4n) is 1.68. The number of aromatic nitrogens is 2. The van der Waals surface area contributed by atoms with Gasteiger partial charge in [-0.3, -0.25) is 4.79 Å². The molecule has 110 valence electrons. The second-order valence-electron chi connectivity index (χ2n) is 4.43. The number of carbonyl (C=O) groups is 1. The number of phenolic OH excluding ortho intramolecular Hbond substituents is 1. The number of benzene rings is 1. The van der Waals surface area contributed by atoms with Crippen LogP contribution in [0.4, 0.5) is 5.69 Å². The molecule has 0 unspecified atom stereocenters. The van der Waals surface area contributed by atoms with Gasteiger partial charge in [0.15, 0.2) is 5.16 Å². The highest BCUT2D eigenvalue weighted by molar-refractivity contribution is 7.99. The summed E-state index contributed by atoms with van der Waals surface area (Å²) in [5, 5.41) is 13.2. The van der Waals surface area contributed by atoms with Crippen molar-refractivity contribution in [2.45, 2.75) is 19.0 Å². The van der Waals surface area contributed by atoms with Gasteiger partial charge in [-0.25, -0.2) is 9.97 Å². The number of thioether (sulfide) groups is 1. The van der Waals surface area contributed by atoms with Crippen molar-refractivity contribution < 1.29 is 9.90 Å². The number of aryl methyl sites for hydroxylation is 2. The van der Waals surface area contributed by atoms with Crippen LogP contribution < -0.4 is 5.32 Å². The van der Waals surface area contributed by atoms with Gasteiger partial charge in [0.2, 0.25) is 5.91 Å². The molecule has 1 aromatic carbocycles. The van der Waals surface area contributed by atoms with Crippen molar-refractivity contribution in [1.29, 1.82) is 0 Å². The molecule has 7 heteroatoms. The van der Waals surface area contributed by atoms with Crippen LogP contribution in [-0.4, -0.2) is 26.7 Å². The van der Waals surface area contributed by atoms with Crippen LogP contribution in [0, 0.1) is 13.8 Å². The Labute approximate surface area is 131 Å². The van der Waals surface area contributed by atoms with E-state index in [9.17, 15) is 9.90 Å². The van der Waals surface area contributed by atoms with Gasteiger partial charge >= 0.3 is 0 Å². The van der Waals surface area contributed by atoms with E-state index >= 15 is 0 Å². The third-order valence-corrected chi connectivity index (χ3v) is 3.61. The van der Waals surface area contributed by atoms with Gasteiger partial charge in [0.25, 0.3) is 0 Å². The summed E-state index contributed by atoms with van der Waals surface area (Å²) in [7, 11) is 0. The average molecular weight is 324 g/mol. The standard InChI is InChI=1S/C14H14ClN3O2S/c1-8-5-9(2)17-14(16-8)21-7-13(20)18-11-6-10(15)3-4-12(11)19/h3-6,19H,7H2,1-2H3,(H,18,20). The Morgan fingerprint density at radius 2 is 1.95 bits per heavy atom. The Balaban J connectivity index is 1.97.